The number of nitrogens with one attached hydrogen (secondary N) is 1. The van der Waals surface area contributed by atoms with Crippen LogP contribution >= 0.6 is 0 Å². The van der Waals surface area contributed by atoms with Crippen molar-refractivity contribution < 1.29 is 23.7 Å². The molecule has 0 spiro atoms. The van der Waals surface area contributed by atoms with E-state index in [2.05, 4.69) is 5.32 Å². The molecule has 0 aromatic rings. The van der Waals surface area contributed by atoms with Crippen LogP contribution in [0.3, 0.4) is 0 Å². The summed E-state index contributed by atoms with van der Waals surface area (Å²) >= 11 is 0. The number of amides is 1. The van der Waals surface area contributed by atoms with Crippen LogP contribution in [0.2, 0.25) is 0 Å². The lowest BCUT2D eigenvalue weighted by atomic mass is 10.3. The second kappa shape index (κ2) is 9.53. The minimum atomic E-state index is -0.456. The maximum absolute atomic E-state index is 11.4. The fourth-order valence-electron chi connectivity index (χ4n) is 1.18. The van der Waals surface area contributed by atoms with Crippen LogP contribution in [0.5, 0.6) is 0 Å². The summed E-state index contributed by atoms with van der Waals surface area (Å²) in [6, 6.07) is -0.228. The smallest absolute Gasteiger partial charge is 0.246 e. The molecule has 1 unspecified atom stereocenters. The molecule has 0 radical (unpaired) electrons. The molecule has 0 saturated carbocycles. The summed E-state index contributed by atoms with van der Waals surface area (Å²) in [5.41, 5.74) is 0. The van der Waals surface area contributed by atoms with Crippen LogP contribution in [0.1, 0.15) is 6.92 Å². The number of ether oxygens (including phenoxy) is 4. The van der Waals surface area contributed by atoms with E-state index in [1.165, 1.54) is 14.2 Å². The van der Waals surface area contributed by atoms with Crippen LogP contribution in [-0.4, -0.2) is 59.4 Å². The molecule has 0 saturated heterocycles. The predicted octanol–water partition coefficient (Wildman–Crippen LogP) is -0.227. The quantitative estimate of drug-likeness (QED) is 0.442. The average molecular weight is 235 g/mol. The standard InChI is InChI=1S/C10H21NO5/c1-8(10(14-3)15-4)11-9(12)7-16-6-5-13-2/h8,10H,5-7H2,1-4H3,(H,11,12). The maximum Gasteiger partial charge on any atom is 0.246 e. The third-order valence-electron chi connectivity index (χ3n) is 1.93. The molecule has 0 aliphatic carbocycles. The molecule has 96 valence electrons. The molecular formula is C10H21NO5. The van der Waals surface area contributed by atoms with Crippen molar-refractivity contribution in [2.24, 2.45) is 0 Å². The van der Waals surface area contributed by atoms with Gasteiger partial charge in [0.05, 0.1) is 19.3 Å². The highest BCUT2D eigenvalue weighted by atomic mass is 16.7. The average Bonchev–Trinajstić information content (AvgIpc) is 2.26. The molecule has 1 amide bonds. The Morgan fingerprint density at radius 2 is 1.81 bits per heavy atom. The van der Waals surface area contributed by atoms with Crippen molar-refractivity contribution in [1.29, 1.82) is 0 Å². The molecule has 0 aromatic heterocycles. The van der Waals surface area contributed by atoms with Crippen LogP contribution in [0.4, 0.5) is 0 Å². The second-order valence-corrected chi connectivity index (χ2v) is 3.24. The molecule has 0 aromatic carbocycles. The first-order valence-electron chi connectivity index (χ1n) is 5.07. The van der Waals surface area contributed by atoms with Crippen molar-refractivity contribution in [2.45, 2.75) is 19.3 Å². The first-order chi connectivity index (χ1) is 7.65. The van der Waals surface area contributed by atoms with Crippen molar-refractivity contribution >= 4 is 5.91 Å². The Hall–Kier alpha value is -0.690. The number of carbonyl (C=O) groups is 1. The van der Waals surface area contributed by atoms with Crippen LogP contribution in [0.15, 0.2) is 0 Å². The van der Waals surface area contributed by atoms with E-state index in [-0.39, 0.29) is 18.6 Å². The Morgan fingerprint density at radius 1 is 1.19 bits per heavy atom. The van der Waals surface area contributed by atoms with E-state index >= 15 is 0 Å². The number of rotatable bonds is 9. The number of hydrogen-bond donors (Lipinski definition) is 1. The predicted molar refractivity (Wildman–Crippen MR) is 58.1 cm³/mol. The fourth-order valence-corrected chi connectivity index (χ4v) is 1.18. The van der Waals surface area contributed by atoms with Crippen LogP contribution in [0, 0.1) is 0 Å². The van der Waals surface area contributed by atoms with Gasteiger partial charge >= 0.3 is 0 Å². The third-order valence-corrected chi connectivity index (χ3v) is 1.93. The summed E-state index contributed by atoms with van der Waals surface area (Å²) in [7, 11) is 4.62. The Bertz CT molecular complexity index is 184. The van der Waals surface area contributed by atoms with E-state index in [9.17, 15) is 4.79 Å². The van der Waals surface area contributed by atoms with Crippen molar-refractivity contribution in [2.75, 3.05) is 41.2 Å². The minimum absolute atomic E-state index is 0.00779. The summed E-state index contributed by atoms with van der Waals surface area (Å²) in [5, 5.41) is 2.70. The highest BCUT2D eigenvalue weighted by molar-refractivity contribution is 5.77. The van der Waals surface area contributed by atoms with Crippen molar-refractivity contribution in [3.63, 3.8) is 0 Å². The van der Waals surface area contributed by atoms with Gasteiger partial charge in [-0.25, -0.2) is 0 Å². The highest BCUT2D eigenvalue weighted by Crippen LogP contribution is 1.98. The van der Waals surface area contributed by atoms with E-state index in [1.54, 1.807) is 14.0 Å². The number of carbonyl (C=O) groups excluding carboxylic acids is 1. The van der Waals surface area contributed by atoms with Crippen LogP contribution < -0.4 is 5.32 Å². The molecule has 0 heterocycles. The highest BCUT2D eigenvalue weighted by Gasteiger charge is 2.17. The first-order valence-corrected chi connectivity index (χ1v) is 5.07. The largest absolute Gasteiger partial charge is 0.382 e. The van der Waals surface area contributed by atoms with Gasteiger partial charge in [0.25, 0.3) is 0 Å². The van der Waals surface area contributed by atoms with E-state index < -0.39 is 6.29 Å². The van der Waals surface area contributed by atoms with Gasteiger partial charge in [-0.05, 0) is 6.92 Å². The zero-order chi connectivity index (χ0) is 12.4. The van der Waals surface area contributed by atoms with E-state index in [1.807, 2.05) is 0 Å². The summed E-state index contributed by atoms with van der Waals surface area (Å²) in [6.45, 7) is 2.68. The van der Waals surface area contributed by atoms with Crippen LogP contribution in [0.25, 0.3) is 0 Å². The minimum Gasteiger partial charge on any atom is -0.382 e. The summed E-state index contributed by atoms with van der Waals surface area (Å²) in [6.07, 6.45) is -0.456. The molecule has 1 N–H and O–H groups in total. The summed E-state index contributed by atoms with van der Waals surface area (Å²) < 4.78 is 19.9. The molecule has 0 aliphatic heterocycles. The Morgan fingerprint density at radius 3 is 2.31 bits per heavy atom. The fraction of sp³-hybridized carbons (Fsp3) is 0.900. The van der Waals surface area contributed by atoms with Gasteiger partial charge in [0.1, 0.15) is 6.61 Å². The van der Waals surface area contributed by atoms with Crippen molar-refractivity contribution in [3.05, 3.63) is 0 Å². The van der Waals surface area contributed by atoms with Gasteiger partial charge in [0, 0.05) is 21.3 Å². The SMILES string of the molecule is COCCOCC(=O)NC(C)C(OC)OC. The normalized spacial score (nSPS) is 12.8. The number of methoxy groups -OCH3 is 3. The van der Waals surface area contributed by atoms with Gasteiger partial charge in [0.15, 0.2) is 6.29 Å². The summed E-state index contributed by atoms with van der Waals surface area (Å²) in [4.78, 5) is 11.4. The van der Waals surface area contributed by atoms with Gasteiger partial charge in [0.2, 0.25) is 5.91 Å². The van der Waals surface area contributed by atoms with Gasteiger partial charge in [-0.3, -0.25) is 4.79 Å². The van der Waals surface area contributed by atoms with E-state index in [0.29, 0.717) is 13.2 Å². The zero-order valence-corrected chi connectivity index (χ0v) is 10.3. The maximum atomic E-state index is 11.4. The van der Waals surface area contributed by atoms with Gasteiger partial charge in [-0.2, -0.15) is 0 Å². The lowest BCUT2D eigenvalue weighted by molar-refractivity contribution is -0.139. The van der Waals surface area contributed by atoms with Gasteiger partial charge < -0.3 is 24.3 Å². The zero-order valence-electron chi connectivity index (χ0n) is 10.3. The first kappa shape index (κ1) is 15.3. The Kier molecular flexibility index (Phi) is 9.12. The molecule has 1 atom stereocenters. The van der Waals surface area contributed by atoms with E-state index in [0.717, 1.165) is 0 Å². The van der Waals surface area contributed by atoms with Crippen molar-refractivity contribution in [3.8, 4) is 0 Å². The molecule has 0 fully saturated rings. The second-order valence-electron chi connectivity index (χ2n) is 3.24. The topological polar surface area (TPSA) is 66.0 Å². The third kappa shape index (κ3) is 6.73. The summed E-state index contributed by atoms with van der Waals surface area (Å²) in [5.74, 6) is -0.206. The molecular weight excluding hydrogens is 214 g/mol. The van der Waals surface area contributed by atoms with Gasteiger partial charge in [-0.15, -0.1) is 0 Å². The number of hydrogen-bond acceptors (Lipinski definition) is 5. The van der Waals surface area contributed by atoms with Crippen molar-refractivity contribution in [1.82, 2.24) is 5.32 Å². The Labute approximate surface area is 96.2 Å². The molecule has 0 rings (SSSR count). The monoisotopic (exact) mass is 235 g/mol. The molecule has 6 heteroatoms. The molecule has 0 aliphatic rings. The molecule has 16 heavy (non-hydrogen) atoms. The Balaban J connectivity index is 3.68. The van der Waals surface area contributed by atoms with Gasteiger partial charge in [-0.1, -0.05) is 0 Å². The van der Waals surface area contributed by atoms with E-state index in [4.69, 9.17) is 18.9 Å². The molecule has 0 bridgehead atoms. The lowest BCUT2D eigenvalue weighted by Gasteiger charge is -2.21. The van der Waals surface area contributed by atoms with Crippen LogP contribution in [-0.2, 0) is 23.7 Å². The molecule has 6 nitrogen and oxygen atoms in total. The lowest BCUT2D eigenvalue weighted by Crippen LogP contribution is -2.44.